The largest absolute Gasteiger partial charge is 0.480 e. The highest BCUT2D eigenvalue weighted by Crippen LogP contribution is 2.48. The zero-order chi connectivity index (χ0) is 50.5. The molecule has 1 aliphatic heterocycles. The number of rotatable bonds is 39. The number of unbranched alkanes of at least 4 members (excludes halogenated alkanes) is 20. The summed E-state index contributed by atoms with van der Waals surface area (Å²) in [5.74, 6) is -2.83. The highest BCUT2D eigenvalue weighted by atomic mass is 31.2. The first-order chi connectivity index (χ1) is 32.5. The second-order valence-corrected chi connectivity index (χ2v) is 19.6. The molecule has 11 N–H and O–H groups in total. The fourth-order valence-corrected chi connectivity index (χ4v) is 9.07. The van der Waals surface area contributed by atoms with Crippen LogP contribution in [0.2, 0.25) is 0 Å². The van der Waals surface area contributed by atoms with Gasteiger partial charge in [0.15, 0.2) is 12.4 Å². The number of ether oxygens (including phenoxy) is 5. The van der Waals surface area contributed by atoms with Crippen molar-refractivity contribution in [1.82, 2.24) is 0 Å². The van der Waals surface area contributed by atoms with Gasteiger partial charge < -0.3 is 75.2 Å². The van der Waals surface area contributed by atoms with E-state index in [-0.39, 0.29) is 12.8 Å². The van der Waals surface area contributed by atoms with Crippen molar-refractivity contribution in [3.8, 4) is 0 Å². The van der Waals surface area contributed by atoms with Crippen LogP contribution < -0.4 is 5.73 Å². The van der Waals surface area contributed by atoms with E-state index >= 15 is 0 Å². The van der Waals surface area contributed by atoms with Gasteiger partial charge in [-0.25, -0.2) is 4.57 Å². The lowest BCUT2D eigenvalue weighted by Gasteiger charge is -2.48. The molecule has 1 saturated carbocycles. The van der Waals surface area contributed by atoms with Crippen LogP contribution in [0.3, 0.4) is 0 Å². The predicted octanol–water partition coefficient (Wildman–Crippen LogP) is 3.42. The lowest BCUT2D eigenvalue weighted by atomic mass is 9.84. The molecule has 0 aromatic carbocycles. The van der Waals surface area contributed by atoms with E-state index in [0.717, 1.165) is 57.8 Å². The van der Waals surface area contributed by atoms with Crippen molar-refractivity contribution < 1.29 is 97.4 Å². The molecule has 22 heteroatoms. The summed E-state index contributed by atoms with van der Waals surface area (Å²) in [6.45, 7) is 1.14. The van der Waals surface area contributed by atoms with Crippen molar-refractivity contribution in [2.45, 2.75) is 247 Å². The van der Waals surface area contributed by atoms with Crippen molar-refractivity contribution >= 4 is 25.7 Å². The average molecular weight is 1000 g/mol. The monoisotopic (exact) mass is 1000 g/mol. The van der Waals surface area contributed by atoms with Crippen molar-refractivity contribution in [3.05, 3.63) is 0 Å². The van der Waals surface area contributed by atoms with Crippen LogP contribution in [0.4, 0.5) is 0 Å². The summed E-state index contributed by atoms with van der Waals surface area (Å²) >= 11 is 0. The number of aliphatic carboxylic acids is 1. The molecule has 0 spiro atoms. The molecule has 0 amide bonds. The van der Waals surface area contributed by atoms with Crippen LogP contribution in [0, 0.1) is 0 Å². The van der Waals surface area contributed by atoms with E-state index in [9.17, 15) is 64.7 Å². The highest BCUT2D eigenvalue weighted by molar-refractivity contribution is 7.47. The second kappa shape index (κ2) is 35.2. The fourth-order valence-electron chi connectivity index (χ4n) is 8.11. The molecule has 2 rings (SSSR count). The third-order valence-corrected chi connectivity index (χ3v) is 13.3. The molecule has 1 heterocycles. The van der Waals surface area contributed by atoms with E-state index in [4.69, 9.17) is 38.5 Å². The van der Waals surface area contributed by atoms with Gasteiger partial charge in [0.05, 0.1) is 19.8 Å². The summed E-state index contributed by atoms with van der Waals surface area (Å²) in [5, 5.41) is 83.1. The number of carboxylic acid groups (broad SMARTS) is 1. The second-order valence-electron chi connectivity index (χ2n) is 18.2. The van der Waals surface area contributed by atoms with Crippen LogP contribution in [0.1, 0.15) is 168 Å². The molecule has 68 heavy (non-hydrogen) atoms. The molecule has 1 aliphatic carbocycles. The van der Waals surface area contributed by atoms with Crippen molar-refractivity contribution in [2.24, 2.45) is 5.73 Å². The molecule has 21 nitrogen and oxygen atoms in total. The third kappa shape index (κ3) is 24.0. The Morgan fingerprint density at radius 1 is 0.588 bits per heavy atom. The number of hydrogen-bond acceptors (Lipinski definition) is 19. The summed E-state index contributed by atoms with van der Waals surface area (Å²) < 4.78 is 51.7. The maximum absolute atomic E-state index is 13.7. The van der Waals surface area contributed by atoms with Crippen molar-refractivity contribution in [2.75, 3.05) is 26.4 Å². The number of carboxylic acids is 1. The summed E-state index contributed by atoms with van der Waals surface area (Å²) in [4.78, 5) is 48.4. The van der Waals surface area contributed by atoms with Gasteiger partial charge in [0, 0.05) is 12.8 Å². The van der Waals surface area contributed by atoms with Crippen LogP contribution in [-0.2, 0) is 51.7 Å². The van der Waals surface area contributed by atoms with Crippen molar-refractivity contribution in [1.29, 1.82) is 0 Å². The number of phosphoric ester groups is 1. The first-order valence-electron chi connectivity index (χ1n) is 25.1. The number of phosphoric acid groups is 1. The Morgan fingerprint density at radius 2 is 1.04 bits per heavy atom. The standard InChI is InChI=1S/C46H86NO20P/c1-3-5-7-9-11-13-15-17-19-21-23-25-34(49)61-28-31(64-35(50)26-24-22-20-18-16-14-12-10-8-6-4-2)29-63-68(59,60)67-44-42(62-30-32(47)45(57)58)39(54)38(53)40(55)43(44)66-46-41(56)37(52)36(51)33(27-48)65-46/h31-33,36-44,46,48,51-56H,3-30,47H2,1-2H3,(H,57,58)(H,59,60)/t31-,32-,33?,36-,37?,38+,39+,40?,41?,42?,43-,44?,46-/m0/s1. The Hall–Kier alpha value is -1.92. The Balaban J connectivity index is 2.16. The Morgan fingerprint density at radius 3 is 1.53 bits per heavy atom. The lowest BCUT2D eigenvalue weighted by Crippen LogP contribution is -2.68. The van der Waals surface area contributed by atoms with Gasteiger partial charge in [0.1, 0.15) is 73.7 Å². The zero-order valence-corrected chi connectivity index (χ0v) is 41.2. The molecule has 7 unspecified atom stereocenters. The molecule has 14 atom stereocenters. The molecule has 0 aromatic rings. The Kier molecular flexibility index (Phi) is 32.2. The first-order valence-corrected chi connectivity index (χ1v) is 26.6. The number of esters is 2. The number of nitrogens with two attached hydrogens (primary N) is 1. The maximum Gasteiger partial charge on any atom is 0.472 e. The minimum Gasteiger partial charge on any atom is -0.480 e. The zero-order valence-electron chi connectivity index (χ0n) is 40.3. The van der Waals surface area contributed by atoms with Crippen LogP contribution in [0.15, 0.2) is 0 Å². The minimum atomic E-state index is -5.49. The summed E-state index contributed by atoms with van der Waals surface area (Å²) in [7, 11) is -5.49. The van der Waals surface area contributed by atoms with E-state index in [1.807, 2.05) is 0 Å². The van der Waals surface area contributed by atoms with Crippen LogP contribution in [-0.4, -0.2) is 170 Å². The lowest BCUT2D eigenvalue weighted by molar-refractivity contribution is -0.339. The molecule has 0 aromatic heterocycles. The first kappa shape index (κ1) is 62.2. The van der Waals surface area contributed by atoms with Gasteiger partial charge in [0.25, 0.3) is 0 Å². The van der Waals surface area contributed by atoms with Gasteiger partial charge >= 0.3 is 25.7 Å². The molecule has 0 radical (unpaired) electrons. The Labute approximate surface area is 401 Å². The quantitative estimate of drug-likeness (QED) is 0.0239. The van der Waals surface area contributed by atoms with Gasteiger partial charge in [-0.15, -0.1) is 0 Å². The van der Waals surface area contributed by atoms with Crippen LogP contribution >= 0.6 is 7.82 Å². The van der Waals surface area contributed by atoms with Gasteiger partial charge in [-0.2, -0.15) is 0 Å². The number of aliphatic hydroxyl groups excluding tert-OH is 7. The minimum absolute atomic E-state index is 0.00212. The van der Waals surface area contributed by atoms with E-state index in [2.05, 4.69) is 13.8 Å². The molecule has 1 saturated heterocycles. The average Bonchev–Trinajstić information content (AvgIpc) is 3.30. The fraction of sp³-hybridized carbons (Fsp3) is 0.935. The smallest absolute Gasteiger partial charge is 0.472 e. The van der Waals surface area contributed by atoms with E-state index in [0.29, 0.717) is 12.8 Å². The molecule has 400 valence electrons. The highest BCUT2D eigenvalue weighted by Gasteiger charge is 2.56. The number of aliphatic hydroxyl groups is 7. The SMILES string of the molecule is CCCCCCCCCCCCCC(=O)OC[C@@H](COP(=O)(O)OC1C(OC[C@H](N)C(=O)O)[C@H](O)[C@@H](O)C(O)[C@@H]1O[C@@H]1OC(CO)[C@H](O)C(O)C1O)OC(=O)CCCCCCCCCCCCC. The summed E-state index contributed by atoms with van der Waals surface area (Å²) in [6, 6.07) is -1.73. The molecular weight excluding hydrogens is 917 g/mol. The molecule has 0 bridgehead atoms. The molecule has 2 aliphatic rings. The molecular formula is C46H86NO20P. The van der Waals surface area contributed by atoms with Crippen LogP contribution in [0.25, 0.3) is 0 Å². The van der Waals surface area contributed by atoms with Gasteiger partial charge in [-0.3, -0.25) is 23.4 Å². The van der Waals surface area contributed by atoms with Crippen LogP contribution in [0.5, 0.6) is 0 Å². The number of hydrogen-bond donors (Lipinski definition) is 10. The topological polar surface area (TPSA) is 341 Å². The van der Waals surface area contributed by atoms with Gasteiger partial charge in [0.2, 0.25) is 0 Å². The Bertz CT molecular complexity index is 1410. The van der Waals surface area contributed by atoms with Gasteiger partial charge in [-0.05, 0) is 12.8 Å². The van der Waals surface area contributed by atoms with E-state index in [1.165, 1.54) is 70.6 Å². The maximum atomic E-state index is 13.7. The van der Waals surface area contributed by atoms with E-state index in [1.54, 1.807) is 0 Å². The normalized spacial score (nSPS) is 28.1. The summed E-state index contributed by atoms with van der Waals surface area (Å²) in [5.41, 5.74) is 5.57. The van der Waals surface area contributed by atoms with E-state index < -0.39 is 132 Å². The van der Waals surface area contributed by atoms with Crippen molar-refractivity contribution in [3.63, 3.8) is 0 Å². The molecule has 2 fully saturated rings. The predicted molar refractivity (Wildman–Crippen MR) is 246 cm³/mol. The van der Waals surface area contributed by atoms with Gasteiger partial charge in [-0.1, -0.05) is 142 Å². The number of carbonyl (C=O) groups is 3. The number of carbonyl (C=O) groups excluding carboxylic acids is 2. The summed E-state index contributed by atoms with van der Waals surface area (Å²) in [6.07, 6.45) is -0.233. The third-order valence-electron chi connectivity index (χ3n) is 12.3.